The van der Waals surface area contributed by atoms with Crippen molar-refractivity contribution in [3.8, 4) is 17.2 Å². The lowest BCUT2D eigenvalue weighted by Crippen LogP contribution is -2.30. The van der Waals surface area contributed by atoms with Gasteiger partial charge in [0, 0.05) is 32.5 Å². The smallest absolute Gasteiger partial charge is 0.195 e. The number of rotatable bonds is 10. The van der Waals surface area contributed by atoms with Gasteiger partial charge in [-0.2, -0.15) is 0 Å². The summed E-state index contributed by atoms with van der Waals surface area (Å²) < 4.78 is 21.5. The van der Waals surface area contributed by atoms with Crippen LogP contribution in [0.5, 0.6) is 17.2 Å². The van der Waals surface area contributed by atoms with E-state index in [9.17, 15) is 0 Å². The molecule has 0 aliphatic carbocycles. The van der Waals surface area contributed by atoms with Crippen molar-refractivity contribution in [2.24, 2.45) is 4.99 Å². The standard InChI is InChI=1S/C21H29N3O4.HI/c1-5-27-20-14-17(8-11-19(20)26-4)24-21(22-2)23-15-16-6-9-18(10-7-16)28-13-12-25-3;/h6-11,14H,5,12-13,15H2,1-4H3,(H2,22,23,24);1H. The summed E-state index contributed by atoms with van der Waals surface area (Å²) in [6.07, 6.45) is 0. The zero-order chi connectivity index (χ0) is 20.2. The summed E-state index contributed by atoms with van der Waals surface area (Å²) in [7, 11) is 5.01. The van der Waals surface area contributed by atoms with Crippen molar-refractivity contribution in [2.75, 3.05) is 46.4 Å². The molecule has 2 aromatic carbocycles. The Hall–Kier alpha value is -2.20. The molecule has 0 heterocycles. The van der Waals surface area contributed by atoms with E-state index in [1.54, 1.807) is 21.3 Å². The summed E-state index contributed by atoms with van der Waals surface area (Å²) in [4.78, 5) is 4.27. The number of benzene rings is 2. The second-order valence-electron chi connectivity index (χ2n) is 5.83. The van der Waals surface area contributed by atoms with E-state index in [1.807, 2.05) is 49.4 Å². The van der Waals surface area contributed by atoms with Crippen molar-refractivity contribution in [1.29, 1.82) is 0 Å². The molecule has 2 aromatic rings. The van der Waals surface area contributed by atoms with Crippen LogP contribution in [0.25, 0.3) is 0 Å². The van der Waals surface area contributed by atoms with Gasteiger partial charge in [0.15, 0.2) is 17.5 Å². The maximum atomic E-state index is 5.61. The first-order chi connectivity index (χ1) is 13.7. The molecule has 0 aromatic heterocycles. The third-order valence-corrected chi connectivity index (χ3v) is 3.89. The van der Waals surface area contributed by atoms with Crippen molar-refractivity contribution >= 4 is 35.6 Å². The molecule has 0 bridgehead atoms. The Morgan fingerprint density at radius 1 is 0.966 bits per heavy atom. The van der Waals surface area contributed by atoms with E-state index in [-0.39, 0.29) is 24.0 Å². The maximum Gasteiger partial charge on any atom is 0.195 e. The molecule has 2 N–H and O–H groups in total. The lowest BCUT2D eigenvalue weighted by Gasteiger charge is -2.15. The number of guanidine groups is 1. The highest BCUT2D eigenvalue weighted by molar-refractivity contribution is 14.0. The van der Waals surface area contributed by atoms with E-state index in [4.69, 9.17) is 18.9 Å². The number of halogens is 1. The quantitative estimate of drug-likeness (QED) is 0.216. The topological polar surface area (TPSA) is 73.3 Å². The van der Waals surface area contributed by atoms with Gasteiger partial charge in [-0.05, 0) is 36.8 Å². The molecule has 0 amide bonds. The van der Waals surface area contributed by atoms with Crippen molar-refractivity contribution in [1.82, 2.24) is 5.32 Å². The summed E-state index contributed by atoms with van der Waals surface area (Å²) in [5.74, 6) is 2.87. The molecular formula is C21H30IN3O4. The van der Waals surface area contributed by atoms with Crippen LogP contribution in [0.1, 0.15) is 12.5 Å². The second-order valence-corrected chi connectivity index (χ2v) is 5.83. The van der Waals surface area contributed by atoms with E-state index in [0.29, 0.717) is 43.8 Å². The first kappa shape index (κ1) is 24.8. The van der Waals surface area contributed by atoms with Gasteiger partial charge in [-0.3, -0.25) is 4.99 Å². The average Bonchev–Trinajstić information content (AvgIpc) is 2.72. The fraction of sp³-hybridized carbons (Fsp3) is 0.381. The lowest BCUT2D eigenvalue weighted by atomic mass is 10.2. The Labute approximate surface area is 189 Å². The Morgan fingerprint density at radius 3 is 2.34 bits per heavy atom. The number of methoxy groups -OCH3 is 2. The number of nitrogens with one attached hydrogen (secondary N) is 2. The van der Waals surface area contributed by atoms with Gasteiger partial charge in [0.25, 0.3) is 0 Å². The predicted molar refractivity (Wildman–Crippen MR) is 127 cm³/mol. The minimum absolute atomic E-state index is 0. The van der Waals surface area contributed by atoms with E-state index < -0.39 is 0 Å². The van der Waals surface area contributed by atoms with Crippen LogP contribution >= 0.6 is 24.0 Å². The molecule has 0 saturated heterocycles. The van der Waals surface area contributed by atoms with Gasteiger partial charge in [-0.25, -0.2) is 0 Å². The Morgan fingerprint density at radius 2 is 1.72 bits per heavy atom. The van der Waals surface area contributed by atoms with Crippen LogP contribution in [0.4, 0.5) is 5.69 Å². The largest absolute Gasteiger partial charge is 0.493 e. The number of nitrogens with zero attached hydrogens (tertiary/aromatic N) is 1. The van der Waals surface area contributed by atoms with Crippen LogP contribution < -0.4 is 24.8 Å². The molecule has 0 aliphatic rings. The summed E-state index contributed by atoms with van der Waals surface area (Å²) in [6, 6.07) is 13.6. The fourth-order valence-corrected chi connectivity index (χ4v) is 2.47. The summed E-state index contributed by atoms with van der Waals surface area (Å²) in [5, 5.41) is 6.55. The molecular weight excluding hydrogens is 485 g/mol. The highest BCUT2D eigenvalue weighted by Crippen LogP contribution is 2.30. The van der Waals surface area contributed by atoms with Gasteiger partial charge >= 0.3 is 0 Å². The Balaban J connectivity index is 0.00000420. The number of hydrogen-bond donors (Lipinski definition) is 2. The van der Waals surface area contributed by atoms with Gasteiger partial charge < -0.3 is 29.6 Å². The molecule has 160 valence electrons. The molecule has 0 fully saturated rings. The number of ether oxygens (including phenoxy) is 4. The maximum absolute atomic E-state index is 5.61. The van der Waals surface area contributed by atoms with E-state index >= 15 is 0 Å². The van der Waals surface area contributed by atoms with Gasteiger partial charge in [0.1, 0.15) is 12.4 Å². The first-order valence-corrected chi connectivity index (χ1v) is 9.19. The number of aliphatic imine (C=N–C) groups is 1. The second kappa shape index (κ2) is 13.9. The zero-order valence-electron chi connectivity index (χ0n) is 17.4. The van der Waals surface area contributed by atoms with E-state index in [0.717, 1.165) is 17.0 Å². The molecule has 0 spiro atoms. The third kappa shape index (κ3) is 8.36. The highest BCUT2D eigenvalue weighted by Gasteiger charge is 2.07. The molecule has 29 heavy (non-hydrogen) atoms. The summed E-state index contributed by atoms with van der Waals surface area (Å²) in [5.41, 5.74) is 1.98. The van der Waals surface area contributed by atoms with E-state index in [2.05, 4.69) is 15.6 Å². The Kier molecular flexibility index (Phi) is 11.9. The van der Waals surface area contributed by atoms with Gasteiger partial charge in [0.05, 0.1) is 20.3 Å². The normalized spacial score (nSPS) is 10.7. The summed E-state index contributed by atoms with van der Waals surface area (Å²) in [6.45, 7) is 4.25. The third-order valence-electron chi connectivity index (χ3n) is 3.89. The van der Waals surface area contributed by atoms with Crippen LogP contribution in [0, 0.1) is 0 Å². The van der Waals surface area contributed by atoms with Crippen molar-refractivity contribution < 1.29 is 18.9 Å². The van der Waals surface area contributed by atoms with Crippen LogP contribution in [0.3, 0.4) is 0 Å². The SMILES string of the molecule is CCOc1cc(NC(=NC)NCc2ccc(OCCOC)cc2)ccc1OC.I. The van der Waals surface area contributed by atoms with Crippen LogP contribution in [0.2, 0.25) is 0 Å². The highest BCUT2D eigenvalue weighted by atomic mass is 127. The molecule has 0 radical (unpaired) electrons. The minimum Gasteiger partial charge on any atom is -0.493 e. The van der Waals surface area contributed by atoms with Crippen molar-refractivity contribution in [3.63, 3.8) is 0 Å². The van der Waals surface area contributed by atoms with Gasteiger partial charge in [0.2, 0.25) is 0 Å². The van der Waals surface area contributed by atoms with E-state index in [1.165, 1.54) is 0 Å². The molecule has 8 heteroatoms. The fourth-order valence-electron chi connectivity index (χ4n) is 2.47. The molecule has 0 aliphatic heterocycles. The van der Waals surface area contributed by atoms with Crippen LogP contribution in [-0.4, -0.2) is 47.0 Å². The minimum atomic E-state index is 0. The van der Waals surface area contributed by atoms with Crippen molar-refractivity contribution in [3.05, 3.63) is 48.0 Å². The first-order valence-electron chi connectivity index (χ1n) is 9.19. The van der Waals surface area contributed by atoms with Crippen LogP contribution in [-0.2, 0) is 11.3 Å². The average molecular weight is 515 g/mol. The zero-order valence-corrected chi connectivity index (χ0v) is 19.7. The molecule has 0 saturated carbocycles. The van der Waals surface area contributed by atoms with Crippen LogP contribution in [0.15, 0.2) is 47.5 Å². The predicted octanol–water partition coefficient (Wildman–Crippen LogP) is 3.92. The summed E-state index contributed by atoms with van der Waals surface area (Å²) >= 11 is 0. The van der Waals surface area contributed by atoms with Crippen molar-refractivity contribution in [2.45, 2.75) is 13.5 Å². The Bertz CT molecular complexity index is 754. The molecule has 0 unspecified atom stereocenters. The molecule has 7 nitrogen and oxygen atoms in total. The van der Waals surface area contributed by atoms with Gasteiger partial charge in [-0.15, -0.1) is 24.0 Å². The number of hydrogen-bond acceptors (Lipinski definition) is 5. The lowest BCUT2D eigenvalue weighted by molar-refractivity contribution is 0.146. The number of anilines is 1. The monoisotopic (exact) mass is 515 g/mol. The van der Waals surface area contributed by atoms with Gasteiger partial charge in [-0.1, -0.05) is 12.1 Å². The molecule has 0 atom stereocenters. The molecule has 2 rings (SSSR count).